The van der Waals surface area contributed by atoms with E-state index in [0.29, 0.717) is 10.6 Å². The van der Waals surface area contributed by atoms with Crippen molar-refractivity contribution in [2.45, 2.75) is 38.0 Å². The van der Waals surface area contributed by atoms with E-state index in [0.717, 1.165) is 19.3 Å². The summed E-state index contributed by atoms with van der Waals surface area (Å²) >= 11 is 5.67. The second kappa shape index (κ2) is 5.13. The molecule has 1 aromatic rings. The molecule has 2 nitrogen and oxygen atoms in total. The van der Waals surface area contributed by atoms with Crippen LogP contribution in [0.5, 0.6) is 0 Å². The van der Waals surface area contributed by atoms with Gasteiger partial charge in [-0.2, -0.15) is 0 Å². The van der Waals surface area contributed by atoms with E-state index in [1.54, 1.807) is 12.1 Å². The zero-order valence-corrected chi connectivity index (χ0v) is 9.71. The molecule has 1 fully saturated rings. The lowest BCUT2D eigenvalue weighted by Crippen LogP contribution is -2.31. The number of halogens is 2. The molecule has 4 heteroatoms. The molecular formula is C12H15ClFNO. The van der Waals surface area contributed by atoms with Crippen LogP contribution in [0.1, 0.15) is 24.8 Å². The van der Waals surface area contributed by atoms with Crippen LogP contribution in [0.4, 0.5) is 4.39 Å². The van der Waals surface area contributed by atoms with E-state index in [2.05, 4.69) is 0 Å². The summed E-state index contributed by atoms with van der Waals surface area (Å²) in [5.41, 5.74) is 6.40. The molecule has 2 atom stereocenters. The van der Waals surface area contributed by atoms with Gasteiger partial charge >= 0.3 is 0 Å². The Labute approximate surface area is 99.5 Å². The lowest BCUT2D eigenvalue weighted by molar-refractivity contribution is 0.0342. The van der Waals surface area contributed by atoms with Gasteiger partial charge in [0.25, 0.3) is 0 Å². The summed E-state index contributed by atoms with van der Waals surface area (Å²) in [4.78, 5) is 0. The molecule has 0 saturated heterocycles. The summed E-state index contributed by atoms with van der Waals surface area (Å²) < 4.78 is 19.0. The first-order valence-corrected chi connectivity index (χ1v) is 5.86. The highest BCUT2D eigenvalue weighted by Gasteiger charge is 2.24. The zero-order chi connectivity index (χ0) is 11.5. The Hall–Kier alpha value is -0.640. The minimum Gasteiger partial charge on any atom is -0.372 e. The summed E-state index contributed by atoms with van der Waals surface area (Å²) in [6, 6.07) is 4.71. The predicted octanol–water partition coefficient (Wildman–Crippen LogP) is 2.88. The van der Waals surface area contributed by atoms with Gasteiger partial charge in [0, 0.05) is 16.6 Å². The van der Waals surface area contributed by atoms with Gasteiger partial charge in [0.1, 0.15) is 5.82 Å². The van der Waals surface area contributed by atoms with E-state index in [1.165, 1.54) is 6.07 Å². The molecule has 0 spiro atoms. The molecular weight excluding hydrogens is 229 g/mol. The first kappa shape index (κ1) is 11.8. The highest BCUT2D eigenvalue weighted by molar-refractivity contribution is 6.30. The fourth-order valence-electron chi connectivity index (χ4n) is 2.00. The Morgan fingerprint density at radius 3 is 2.88 bits per heavy atom. The van der Waals surface area contributed by atoms with Crippen molar-refractivity contribution in [3.05, 3.63) is 34.6 Å². The molecule has 2 rings (SSSR count). The molecule has 1 aliphatic rings. The lowest BCUT2D eigenvalue weighted by Gasteiger charge is -2.16. The SMILES string of the molecule is NC1CCCC1OCc1ccc(Cl)cc1F. The quantitative estimate of drug-likeness (QED) is 0.886. The van der Waals surface area contributed by atoms with Gasteiger partial charge in [-0.3, -0.25) is 0 Å². The van der Waals surface area contributed by atoms with E-state index < -0.39 is 0 Å². The maximum Gasteiger partial charge on any atom is 0.130 e. The third kappa shape index (κ3) is 2.73. The van der Waals surface area contributed by atoms with E-state index >= 15 is 0 Å². The van der Waals surface area contributed by atoms with Crippen molar-refractivity contribution in [2.75, 3.05) is 0 Å². The summed E-state index contributed by atoms with van der Waals surface area (Å²) in [5.74, 6) is -0.320. The van der Waals surface area contributed by atoms with Gasteiger partial charge in [0.2, 0.25) is 0 Å². The molecule has 2 unspecified atom stereocenters. The predicted molar refractivity (Wildman–Crippen MR) is 61.8 cm³/mol. The Morgan fingerprint density at radius 1 is 1.44 bits per heavy atom. The van der Waals surface area contributed by atoms with Crippen molar-refractivity contribution in [1.29, 1.82) is 0 Å². The van der Waals surface area contributed by atoms with Crippen LogP contribution < -0.4 is 5.73 Å². The minimum absolute atomic E-state index is 0.0649. The van der Waals surface area contributed by atoms with Crippen LogP contribution in [-0.2, 0) is 11.3 Å². The molecule has 1 aliphatic carbocycles. The molecule has 1 saturated carbocycles. The highest BCUT2D eigenvalue weighted by Crippen LogP contribution is 2.22. The standard InChI is InChI=1S/C12H15ClFNO/c13-9-5-4-8(10(14)6-9)7-16-12-3-1-2-11(12)15/h4-6,11-12H,1-3,7,15H2. The van der Waals surface area contributed by atoms with Crippen LogP contribution in [0.2, 0.25) is 5.02 Å². The maximum atomic E-state index is 13.4. The molecule has 0 aliphatic heterocycles. The third-order valence-electron chi connectivity index (χ3n) is 2.97. The van der Waals surface area contributed by atoms with Gasteiger partial charge in [0.15, 0.2) is 0 Å². The van der Waals surface area contributed by atoms with Crippen LogP contribution >= 0.6 is 11.6 Å². The van der Waals surface area contributed by atoms with E-state index in [4.69, 9.17) is 22.1 Å². The van der Waals surface area contributed by atoms with Gasteiger partial charge < -0.3 is 10.5 Å². The molecule has 2 N–H and O–H groups in total. The number of hydrogen-bond acceptors (Lipinski definition) is 2. The normalized spacial score (nSPS) is 24.9. The topological polar surface area (TPSA) is 35.2 Å². The molecule has 0 bridgehead atoms. The average Bonchev–Trinajstić information content (AvgIpc) is 2.63. The average molecular weight is 244 g/mol. The van der Waals surface area contributed by atoms with Crippen molar-refractivity contribution >= 4 is 11.6 Å². The van der Waals surface area contributed by atoms with E-state index in [9.17, 15) is 4.39 Å². The molecule has 16 heavy (non-hydrogen) atoms. The first-order chi connectivity index (χ1) is 7.66. The lowest BCUT2D eigenvalue weighted by atomic mass is 10.2. The van der Waals surface area contributed by atoms with Gasteiger partial charge in [-0.25, -0.2) is 4.39 Å². The molecule has 0 radical (unpaired) electrons. The van der Waals surface area contributed by atoms with Crippen LogP contribution in [0, 0.1) is 5.82 Å². The number of hydrogen-bond donors (Lipinski definition) is 1. The van der Waals surface area contributed by atoms with E-state index in [-0.39, 0.29) is 24.6 Å². The van der Waals surface area contributed by atoms with Crippen molar-refractivity contribution < 1.29 is 9.13 Å². The number of rotatable bonds is 3. The molecule has 1 aromatic carbocycles. The molecule has 0 amide bonds. The third-order valence-corrected chi connectivity index (χ3v) is 3.21. The second-order valence-corrected chi connectivity index (χ2v) is 4.62. The van der Waals surface area contributed by atoms with Crippen molar-refractivity contribution in [1.82, 2.24) is 0 Å². The smallest absolute Gasteiger partial charge is 0.130 e. The van der Waals surface area contributed by atoms with Crippen molar-refractivity contribution in [3.8, 4) is 0 Å². The van der Waals surface area contributed by atoms with Gasteiger partial charge in [0.05, 0.1) is 12.7 Å². The fourth-order valence-corrected chi connectivity index (χ4v) is 2.16. The van der Waals surface area contributed by atoms with Crippen LogP contribution in [0.15, 0.2) is 18.2 Å². The number of ether oxygens (including phenoxy) is 1. The van der Waals surface area contributed by atoms with Crippen LogP contribution in [-0.4, -0.2) is 12.1 Å². The maximum absolute atomic E-state index is 13.4. The van der Waals surface area contributed by atoms with Gasteiger partial charge in [-0.15, -0.1) is 0 Å². The summed E-state index contributed by atoms with van der Waals surface area (Å²) in [7, 11) is 0. The molecule has 0 heterocycles. The Bertz CT molecular complexity index is 372. The molecule has 88 valence electrons. The Morgan fingerprint density at radius 2 is 2.25 bits per heavy atom. The Kier molecular flexibility index (Phi) is 3.79. The first-order valence-electron chi connectivity index (χ1n) is 5.48. The highest BCUT2D eigenvalue weighted by atomic mass is 35.5. The summed E-state index contributed by atoms with van der Waals surface area (Å²) in [6.45, 7) is 0.265. The minimum atomic E-state index is -0.320. The van der Waals surface area contributed by atoms with Crippen molar-refractivity contribution in [3.63, 3.8) is 0 Å². The van der Waals surface area contributed by atoms with Crippen LogP contribution in [0.3, 0.4) is 0 Å². The molecule has 0 aromatic heterocycles. The van der Waals surface area contributed by atoms with Gasteiger partial charge in [-0.1, -0.05) is 17.7 Å². The summed E-state index contributed by atoms with van der Waals surface area (Å²) in [6.07, 6.45) is 3.12. The monoisotopic (exact) mass is 243 g/mol. The van der Waals surface area contributed by atoms with Crippen molar-refractivity contribution in [2.24, 2.45) is 5.73 Å². The van der Waals surface area contributed by atoms with Crippen LogP contribution in [0.25, 0.3) is 0 Å². The zero-order valence-electron chi connectivity index (χ0n) is 8.96. The number of nitrogens with two attached hydrogens (primary N) is 1. The van der Waals surface area contributed by atoms with E-state index in [1.807, 2.05) is 0 Å². The summed E-state index contributed by atoms with van der Waals surface area (Å²) in [5, 5.41) is 0.402. The largest absolute Gasteiger partial charge is 0.372 e. The Balaban J connectivity index is 1.94. The van der Waals surface area contributed by atoms with Gasteiger partial charge in [-0.05, 0) is 31.4 Å². The number of benzene rings is 1. The second-order valence-electron chi connectivity index (χ2n) is 4.18. The fraction of sp³-hybridized carbons (Fsp3) is 0.500.